The lowest BCUT2D eigenvalue weighted by atomic mass is 10.0. The van der Waals surface area contributed by atoms with Crippen molar-refractivity contribution in [1.29, 1.82) is 0 Å². The molecule has 1 saturated heterocycles. The molecule has 1 amide bonds. The second kappa shape index (κ2) is 8.91. The first kappa shape index (κ1) is 18.5. The topological polar surface area (TPSA) is 84.6 Å². The van der Waals surface area contributed by atoms with Gasteiger partial charge in [-0.1, -0.05) is 23.4 Å². The first-order valence-electron chi connectivity index (χ1n) is 8.86. The van der Waals surface area contributed by atoms with Crippen LogP contribution >= 0.6 is 0 Å². The zero-order valence-corrected chi connectivity index (χ0v) is 14.5. The van der Waals surface area contributed by atoms with E-state index in [4.69, 9.17) is 9.26 Å². The molecule has 140 valence electrons. The highest BCUT2D eigenvalue weighted by atomic mass is 19.1. The van der Waals surface area contributed by atoms with Crippen LogP contribution in [0, 0.1) is 11.7 Å². The van der Waals surface area contributed by atoms with E-state index in [1.165, 1.54) is 6.07 Å². The Bertz CT molecular complexity index is 741. The molecule has 1 unspecified atom stereocenters. The number of carbonyl (C=O) groups is 1. The van der Waals surface area contributed by atoms with Crippen LogP contribution in [-0.2, 0) is 24.2 Å². The minimum atomic E-state index is -0.356. The van der Waals surface area contributed by atoms with Gasteiger partial charge < -0.3 is 19.7 Å². The van der Waals surface area contributed by atoms with E-state index in [0.717, 1.165) is 13.0 Å². The number of aliphatic hydroxyl groups excluding tert-OH is 1. The lowest BCUT2D eigenvalue weighted by Crippen LogP contribution is -2.30. The zero-order valence-electron chi connectivity index (χ0n) is 14.5. The molecule has 2 aromatic rings. The Morgan fingerprint density at radius 3 is 2.92 bits per heavy atom. The average molecular weight is 362 g/mol. The van der Waals surface area contributed by atoms with Crippen molar-refractivity contribution >= 4 is 5.91 Å². The van der Waals surface area contributed by atoms with Crippen LogP contribution in [0.3, 0.4) is 0 Å². The molecule has 1 fully saturated rings. The van der Waals surface area contributed by atoms with Gasteiger partial charge in [0.25, 0.3) is 5.91 Å². The van der Waals surface area contributed by atoms with E-state index in [9.17, 15) is 14.3 Å². The van der Waals surface area contributed by atoms with Crippen molar-refractivity contribution in [2.45, 2.75) is 32.3 Å². The van der Waals surface area contributed by atoms with Gasteiger partial charge in [0, 0.05) is 25.5 Å². The largest absolute Gasteiger partial charge is 0.391 e. The molecule has 26 heavy (non-hydrogen) atoms. The molecule has 2 heterocycles. The van der Waals surface area contributed by atoms with E-state index in [2.05, 4.69) is 10.5 Å². The summed E-state index contributed by atoms with van der Waals surface area (Å²) in [5, 5.41) is 16.3. The summed E-state index contributed by atoms with van der Waals surface area (Å²) in [5.41, 5.74) is 1.15. The van der Waals surface area contributed by atoms with Gasteiger partial charge in [-0.2, -0.15) is 0 Å². The quantitative estimate of drug-likeness (QED) is 0.752. The molecule has 1 aromatic heterocycles. The van der Waals surface area contributed by atoms with Crippen LogP contribution in [0.2, 0.25) is 0 Å². The molecule has 1 aliphatic rings. The molecule has 2 N–H and O–H groups in total. The number of ether oxygens (including phenoxy) is 1. The maximum Gasteiger partial charge on any atom is 0.273 e. The summed E-state index contributed by atoms with van der Waals surface area (Å²) in [6.07, 6.45) is 2.57. The number of benzene rings is 1. The van der Waals surface area contributed by atoms with Crippen molar-refractivity contribution in [3.63, 3.8) is 0 Å². The van der Waals surface area contributed by atoms with Crippen LogP contribution in [0.25, 0.3) is 0 Å². The van der Waals surface area contributed by atoms with Crippen molar-refractivity contribution < 1.29 is 23.6 Å². The summed E-state index contributed by atoms with van der Waals surface area (Å²) in [4.78, 5) is 12.3. The third-order valence-electron chi connectivity index (χ3n) is 4.63. The highest BCUT2D eigenvalue weighted by molar-refractivity contribution is 5.93. The maximum absolute atomic E-state index is 13.6. The number of rotatable bonds is 8. The van der Waals surface area contributed by atoms with E-state index in [1.54, 1.807) is 18.2 Å². The van der Waals surface area contributed by atoms with Crippen LogP contribution in [0.1, 0.15) is 40.2 Å². The van der Waals surface area contributed by atoms with Gasteiger partial charge in [0.2, 0.25) is 0 Å². The zero-order chi connectivity index (χ0) is 18.4. The third-order valence-corrected chi connectivity index (χ3v) is 4.63. The Morgan fingerprint density at radius 2 is 2.19 bits per heavy atom. The first-order valence-corrected chi connectivity index (χ1v) is 8.86. The van der Waals surface area contributed by atoms with E-state index in [1.807, 2.05) is 0 Å². The fourth-order valence-electron chi connectivity index (χ4n) is 3.09. The Hall–Kier alpha value is -2.25. The fraction of sp³-hybridized carbons (Fsp3) is 0.474. The number of aryl methyl sites for hydroxylation is 2. The minimum absolute atomic E-state index is 0.118. The minimum Gasteiger partial charge on any atom is -0.391 e. The number of nitrogens with one attached hydrogen (secondary N) is 1. The number of amides is 1. The van der Waals surface area contributed by atoms with Gasteiger partial charge in [-0.05, 0) is 30.9 Å². The van der Waals surface area contributed by atoms with Crippen molar-refractivity contribution in [2.24, 2.45) is 5.92 Å². The van der Waals surface area contributed by atoms with Gasteiger partial charge in [0.1, 0.15) is 11.6 Å². The van der Waals surface area contributed by atoms with Gasteiger partial charge in [0.05, 0.1) is 18.8 Å². The number of hydrogen-bond donors (Lipinski definition) is 2. The summed E-state index contributed by atoms with van der Waals surface area (Å²) in [6, 6.07) is 6.63. The molecule has 0 aliphatic carbocycles. The Balaban J connectivity index is 1.56. The highest BCUT2D eigenvalue weighted by Crippen LogP contribution is 2.19. The molecular formula is C19H23FN2O4. The molecule has 1 atom stereocenters. The monoisotopic (exact) mass is 362 g/mol. The van der Waals surface area contributed by atoms with Gasteiger partial charge in [-0.15, -0.1) is 0 Å². The van der Waals surface area contributed by atoms with E-state index < -0.39 is 0 Å². The van der Waals surface area contributed by atoms with Crippen molar-refractivity contribution in [1.82, 2.24) is 10.5 Å². The van der Waals surface area contributed by atoms with Crippen molar-refractivity contribution in [3.05, 3.63) is 52.7 Å². The molecule has 1 aromatic carbocycles. The van der Waals surface area contributed by atoms with Gasteiger partial charge in [-0.3, -0.25) is 4.79 Å². The Morgan fingerprint density at radius 1 is 1.35 bits per heavy atom. The Kier molecular flexibility index (Phi) is 6.35. The van der Waals surface area contributed by atoms with Crippen molar-refractivity contribution in [2.75, 3.05) is 19.8 Å². The number of aromatic nitrogens is 1. The summed E-state index contributed by atoms with van der Waals surface area (Å²) in [6.45, 7) is 1.55. The van der Waals surface area contributed by atoms with Crippen LogP contribution < -0.4 is 5.32 Å². The number of carbonyl (C=O) groups excluding carboxylic acids is 1. The summed E-state index contributed by atoms with van der Waals surface area (Å²) >= 11 is 0. The van der Waals surface area contributed by atoms with E-state index >= 15 is 0 Å². The van der Waals surface area contributed by atoms with E-state index in [-0.39, 0.29) is 24.0 Å². The van der Waals surface area contributed by atoms with Crippen LogP contribution in [0.4, 0.5) is 4.39 Å². The van der Waals surface area contributed by atoms with E-state index in [0.29, 0.717) is 55.2 Å². The summed E-state index contributed by atoms with van der Waals surface area (Å²) in [7, 11) is 0. The second-order valence-electron chi connectivity index (χ2n) is 6.48. The van der Waals surface area contributed by atoms with Gasteiger partial charge in [0.15, 0.2) is 5.69 Å². The number of hydrogen-bond acceptors (Lipinski definition) is 5. The summed E-state index contributed by atoms with van der Waals surface area (Å²) in [5.74, 6) is 0.190. The van der Waals surface area contributed by atoms with Crippen LogP contribution in [0.5, 0.6) is 0 Å². The molecule has 7 heteroatoms. The molecule has 0 bridgehead atoms. The molecule has 3 rings (SSSR count). The van der Waals surface area contributed by atoms with Crippen LogP contribution in [0.15, 0.2) is 28.8 Å². The first-order chi connectivity index (χ1) is 12.7. The number of nitrogens with zero attached hydrogens (tertiary/aromatic N) is 1. The number of halogens is 1. The molecular weight excluding hydrogens is 339 g/mol. The van der Waals surface area contributed by atoms with Gasteiger partial charge in [-0.25, -0.2) is 4.39 Å². The van der Waals surface area contributed by atoms with Gasteiger partial charge >= 0.3 is 0 Å². The summed E-state index contributed by atoms with van der Waals surface area (Å²) < 4.78 is 24.2. The van der Waals surface area contributed by atoms with Crippen LogP contribution in [-0.4, -0.2) is 35.9 Å². The lowest BCUT2D eigenvalue weighted by molar-refractivity contribution is 0.0933. The third kappa shape index (κ3) is 4.47. The number of aliphatic hydroxyl groups is 1. The smallest absolute Gasteiger partial charge is 0.273 e. The normalized spacial score (nSPS) is 16.8. The van der Waals surface area contributed by atoms with Crippen molar-refractivity contribution in [3.8, 4) is 0 Å². The lowest BCUT2D eigenvalue weighted by Gasteiger charge is -2.08. The molecule has 0 spiro atoms. The standard InChI is InChI=1S/C19H23FN2O4/c20-16-6-2-1-4-14(16)5-3-7-17-15(11-23)18(22-26-17)19(24)21-10-13-8-9-25-12-13/h1-2,4,6,13,23H,3,5,7-12H2,(H,21,24). The molecule has 0 saturated carbocycles. The maximum atomic E-state index is 13.6. The predicted molar refractivity (Wildman–Crippen MR) is 92.1 cm³/mol. The molecule has 1 aliphatic heterocycles. The Labute approximate surface area is 151 Å². The highest BCUT2D eigenvalue weighted by Gasteiger charge is 2.23. The SMILES string of the molecule is O=C(NCC1CCOC1)c1noc(CCCc2ccccc2F)c1CO. The fourth-order valence-corrected chi connectivity index (χ4v) is 3.09. The molecule has 6 nitrogen and oxygen atoms in total. The average Bonchev–Trinajstić information content (AvgIpc) is 3.30. The predicted octanol–water partition coefficient (Wildman–Crippen LogP) is 2.25. The molecule has 0 radical (unpaired) electrons. The second-order valence-corrected chi connectivity index (χ2v) is 6.48.